The van der Waals surface area contributed by atoms with Gasteiger partial charge in [0.2, 0.25) is 17.8 Å². The van der Waals surface area contributed by atoms with Gasteiger partial charge in [0.15, 0.2) is 5.82 Å². The Kier molecular flexibility index (Phi) is 5.29. The van der Waals surface area contributed by atoms with Gasteiger partial charge in [-0.25, -0.2) is 13.8 Å². The largest absolute Gasteiger partial charge is 0.378 e. The molecule has 2 aromatic heterocycles. The van der Waals surface area contributed by atoms with Crippen molar-refractivity contribution in [2.45, 2.75) is 25.3 Å². The van der Waals surface area contributed by atoms with E-state index in [1.54, 1.807) is 24.3 Å². The lowest BCUT2D eigenvalue weighted by molar-refractivity contribution is 0.122. The third kappa shape index (κ3) is 3.73. The highest BCUT2D eigenvalue weighted by Gasteiger charge is 2.26. The highest BCUT2D eigenvalue weighted by molar-refractivity contribution is 5.77. The number of anilines is 2. The van der Waals surface area contributed by atoms with E-state index in [1.165, 1.54) is 15.7 Å². The number of alkyl halides is 2. The molecule has 6 rings (SSSR count). The zero-order chi connectivity index (χ0) is 23.1. The van der Waals surface area contributed by atoms with Gasteiger partial charge in [0.25, 0.3) is 6.43 Å². The second-order valence-electron chi connectivity index (χ2n) is 8.39. The van der Waals surface area contributed by atoms with Crippen LogP contribution >= 0.6 is 0 Å². The molecular formula is C24H23F2N7O. The van der Waals surface area contributed by atoms with Crippen LogP contribution in [0.5, 0.6) is 0 Å². The molecule has 1 saturated heterocycles. The molecule has 1 atom stereocenters. The summed E-state index contributed by atoms with van der Waals surface area (Å²) in [6.45, 7) is 2.33. The number of hydrogen-bond donors (Lipinski definition) is 1. The fourth-order valence-corrected chi connectivity index (χ4v) is 4.69. The molecule has 174 valence electrons. The predicted octanol–water partition coefficient (Wildman–Crippen LogP) is 4.08. The minimum Gasteiger partial charge on any atom is -0.378 e. The highest BCUT2D eigenvalue weighted by atomic mass is 19.3. The van der Waals surface area contributed by atoms with Crippen molar-refractivity contribution in [3.8, 4) is 5.95 Å². The summed E-state index contributed by atoms with van der Waals surface area (Å²) in [6.07, 6.45) is -0.915. The van der Waals surface area contributed by atoms with E-state index >= 15 is 0 Å². The number of ether oxygens (including phenoxy) is 1. The van der Waals surface area contributed by atoms with E-state index in [2.05, 4.69) is 37.4 Å². The van der Waals surface area contributed by atoms with Crippen LogP contribution in [0.15, 0.2) is 48.5 Å². The zero-order valence-electron chi connectivity index (χ0n) is 18.4. The minimum atomic E-state index is -2.78. The Morgan fingerprint density at radius 3 is 2.53 bits per heavy atom. The first-order valence-corrected chi connectivity index (χ1v) is 11.4. The molecule has 10 heteroatoms. The van der Waals surface area contributed by atoms with E-state index < -0.39 is 12.2 Å². The molecule has 0 bridgehead atoms. The summed E-state index contributed by atoms with van der Waals surface area (Å²) < 4.78 is 34.8. The normalized spacial score (nSPS) is 18.0. The van der Waals surface area contributed by atoms with Crippen molar-refractivity contribution in [3.63, 3.8) is 0 Å². The van der Waals surface area contributed by atoms with E-state index in [1.807, 2.05) is 17.0 Å². The smallest absolute Gasteiger partial charge is 0.296 e. The molecule has 8 nitrogen and oxygen atoms in total. The van der Waals surface area contributed by atoms with Gasteiger partial charge in [0, 0.05) is 13.1 Å². The van der Waals surface area contributed by atoms with Gasteiger partial charge in [0.1, 0.15) is 0 Å². The standard InChI is InChI=1S/C24H23F2N7O/c25-20(26)21-27-18-7-3-4-8-19(18)33(21)24-30-22(29-23(31-24)32-11-13-34-14-12-32)28-17-10-9-15-5-1-2-6-16(15)17/h1-8,17,20H,9-14H2,(H,28,29,30,31)/t17-/m0/s1. The fraction of sp³-hybridized carbons (Fsp3) is 0.333. The maximum absolute atomic E-state index is 14.0. The number of fused-ring (bicyclic) bond motifs is 2. The van der Waals surface area contributed by atoms with Crippen LogP contribution in [-0.4, -0.2) is 50.8 Å². The van der Waals surface area contributed by atoms with Gasteiger partial charge < -0.3 is 15.0 Å². The van der Waals surface area contributed by atoms with Crippen molar-refractivity contribution >= 4 is 22.9 Å². The van der Waals surface area contributed by atoms with Gasteiger partial charge in [-0.15, -0.1) is 0 Å². The lowest BCUT2D eigenvalue weighted by atomic mass is 10.1. The van der Waals surface area contributed by atoms with Gasteiger partial charge in [0.05, 0.1) is 30.3 Å². The number of morpholine rings is 1. The van der Waals surface area contributed by atoms with Gasteiger partial charge in [-0.1, -0.05) is 36.4 Å². The van der Waals surface area contributed by atoms with Crippen molar-refractivity contribution in [1.82, 2.24) is 24.5 Å². The van der Waals surface area contributed by atoms with Crippen LogP contribution in [0.3, 0.4) is 0 Å². The Morgan fingerprint density at radius 2 is 1.68 bits per heavy atom. The number of nitrogens with one attached hydrogen (secondary N) is 1. The summed E-state index contributed by atoms with van der Waals surface area (Å²) in [5, 5.41) is 3.43. The molecule has 2 aromatic carbocycles. The Morgan fingerprint density at radius 1 is 0.912 bits per heavy atom. The number of rotatable bonds is 5. The van der Waals surface area contributed by atoms with Crippen molar-refractivity contribution < 1.29 is 13.5 Å². The number of imidazole rings is 1. The molecule has 1 aliphatic heterocycles. The lowest BCUT2D eigenvalue weighted by Crippen LogP contribution is -2.37. The molecule has 4 aromatic rings. The van der Waals surface area contributed by atoms with Gasteiger partial charge in [-0.3, -0.25) is 4.57 Å². The Balaban J connectivity index is 1.47. The number of aryl methyl sites for hydroxylation is 1. The highest BCUT2D eigenvalue weighted by Crippen LogP contribution is 2.34. The first-order chi connectivity index (χ1) is 16.7. The summed E-state index contributed by atoms with van der Waals surface area (Å²) in [6, 6.07) is 15.3. The monoisotopic (exact) mass is 463 g/mol. The summed E-state index contributed by atoms with van der Waals surface area (Å²) in [5.41, 5.74) is 3.49. The van der Waals surface area contributed by atoms with Crippen LogP contribution in [0.1, 0.15) is 35.8 Å². The van der Waals surface area contributed by atoms with Crippen molar-refractivity contribution in [2.24, 2.45) is 0 Å². The molecule has 0 radical (unpaired) electrons. The molecule has 0 unspecified atom stereocenters. The number of halogens is 2. The van der Waals surface area contributed by atoms with Gasteiger partial charge in [-0.05, 0) is 36.1 Å². The second-order valence-corrected chi connectivity index (χ2v) is 8.39. The summed E-state index contributed by atoms with van der Waals surface area (Å²) in [7, 11) is 0. The maximum atomic E-state index is 14.0. The average molecular weight is 463 g/mol. The third-order valence-corrected chi connectivity index (χ3v) is 6.32. The van der Waals surface area contributed by atoms with Gasteiger partial charge >= 0.3 is 0 Å². The van der Waals surface area contributed by atoms with Crippen molar-refractivity contribution in [2.75, 3.05) is 36.5 Å². The second kappa shape index (κ2) is 8.60. The van der Waals surface area contributed by atoms with E-state index in [0.29, 0.717) is 49.2 Å². The number of para-hydroxylation sites is 2. The lowest BCUT2D eigenvalue weighted by Gasteiger charge is -2.27. The molecule has 1 fully saturated rings. The maximum Gasteiger partial charge on any atom is 0.296 e. The summed E-state index contributed by atoms with van der Waals surface area (Å²) >= 11 is 0. The van der Waals surface area contributed by atoms with E-state index in [0.717, 1.165) is 12.8 Å². The van der Waals surface area contributed by atoms with Crippen LogP contribution in [0.4, 0.5) is 20.7 Å². The Hall–Kier alpha value is -3.66. The van der Waals surface area contributed by atoms with Crippen LogP contribution in [-0.2, 0) is 11.2 Å². The summed E-state index contributed by atoms with van der Waals surface area (Å²) in [4.78, 5) is 20.0. The molecule has 0 spiro atoms. The Labute approximate surface area is 194 Å². The quantitative estimate of drug-likeness (QED) is 0.478. The molecule has 1 aliphatic carbocycles. The molecular weight excluding hydrogens is 440 g/mol. The minimum absolute atomic E-state index is 0.0399. The molecule has 0 amide bonds. The number of nitrogens with zero attached hydrogens (tertiary/aromatic N) is 6. The van der Waals surface area contributed by atoms with Crippen LogP contribution < -0.4 is 10.2 Å². The summed E-state index contributed by atoms with van der Waals surface area (Å²) in [5.74, 6) is 0.512. The first kappa shape index (κ1) is 20.9. The average Bonchev–Trinajstić information content (AvgIpc) is 3.46. The SMILES string of the molecule is FC(F)c1nc2ccccc2n1-c1nc(N[C@H]2CCc3ccccc32)nc(N2CCOCC2)n1. The number of hydrogen-bond acceptors (Lipinski definition) is 7. The molecule has 2 aliphatic rings. The number of aromatic nitrogens is 5. The fourth-order valence-electron chi connectivity index (χ4n) is 4.69. The van der Waals surface area contributed by atoms with Crippen LogP contribution in [0.2, 0.25) is 0 Å². The number of benzene rings is 2. The van der Waals surface area contributed by atoms with Crippen LogP contribution in [0, 0.1) is 0 Å². The van der Waals surface area contributed by atoms with E-state index in [9.17, 15) is 8.78 Å². The molecule has 34 heavy (non-hydrogen) atoms. The first-order valence-electron chi connectivity index (χ1n) is 11.4. The predicted molar refractivity (Wildman–Crippen MR) is 124 cm³/mol. The van der Waals surface area contributed by atoms with Crippen molar-refractivity contribution in [1.29, 1.82) is 0 Å². The van der Waals surface area contributed by atoms with E-state index in [-0.39, 0.29) is 12.0 Å². The topological polar surface area (TPSA) is 81.0 Å². The van der Waals surface area contributed by atoms with E-state index in [4.69, 9.17) is 4.74 Å². The zero-order valence-corrected chi connectivity index (χ0v) is 18.4. The molecule has 0 saturated carbocycles. The molecule has 3 heterocycles. The molecule has 1 N–H and O–H groups in total. The van der Waals surface area contributed by atoms with Crippen LogP contribution in [0.25, 0.3) is 17.0 Å². The van der Waals surface area contributed by atoms with Gasteiger partial charge in [-0.2, -0.15) is 15.0 Å². The third-order valence-electron chi connectivity index (χ3n) is 6.32. The Bertz CT molecular complexity index is 1340. The van der Waals surface area contributed by atoms with Crippen molar-refractivity contribution in [3.05, 3.63) is 65.5 Å².